The van der Waals surface area contributed by atoms with Gasteiger partial charge in [-0.15, -0.1) is 0 Å². The molecule has 12 rings (SSSR count). The van der Waals surface area contributed by atoms with Crippen LogP contribution < -0.4 is 48.6 Å². The molecule has 1 aliphatic carbocycles. The monoisotopic (exact) mass is 885 g/mol. The molecule has 1 aromatic heterocycles. The van der Waals surface area contributed by atoms with Gasteiger partial charge in [0, 0.05) is 38.6 Å². The molecule has 0 saturated carbocycles. The Balaban J connectivity index is 1.08. The SMILES string of the molecule is [B]c1c([B])c(N(c2cccc(-c3cccc4oc5c6ccccc6ccc5c34)c2)c2c([B])c([B])c(-c3cccc4c3C(C)(C)c3ccccc3-4)c([B])c2[B])c([B])c([B])c1-c1ccc(-c2ccccc2)cc1. The summed E-state index contributed by atoms with van der Waals surface area (Å²) in [7, 11) is 58.2. The highest BCUT2D eigenvalue weighted by Gasteiger charge is 2.38. The molecule has 10 heteroatoms. The van der Waals surface area contributed by atoms with Gasteiger partial charge >= 0.3 is 0 Å². The van der Waals surface area contributed by atoms with Crippen molar-refractivity contribution in [3.63, 3.8) is 0 Å². The van der Waals surface area contributed by atoms with Crippen LogP contribution in [0.2, 0.25) is 0 Å². The van der Waals surface area contributed by atoms with Gasteiger partial charge in [0.2, 0.25) is 0 Å². The molecule has 71 heavy (non-hydrogen) atoms. The van der Waals surface area contributed by atoms with Crippen molar-refractivity contribution in [2.45, 2.75) is 19.3 Å². The van der Waals surface area contributed by atoms with Gasteiger partial charge in [-0.3, -0.25) is 0 Å². The third-order valence-corrected chi connectivity index (χ3v) is 14.6. The van der Waals surface area contributed by atoms with Gasteiger partial charge in [-0.2, -0.15) is 0 Å². The van der Waals surface area contributed by atoms with Crippen LogP contribution in [0, 0.1) is 0 Å². The zero-order chi connectivity index (χ0) is 49.0. The van der Waals surface area contributed by atoms with Crippen molar-refractivity contribution in [1.29, 1.82) is 0 Å². The normalized spacial score (nSPS) is 12.6. The molecule has 0 fully saturated rings. The molecule has 0 atom stereocenters. The number of fused-ring (bicyclic) bond motifs is 8. The van der Waals surface area contributed by atoms with Crippen LogP contribution >= 0.6 is 0 Å². The summed E-state index contributed by atoms with van der Waals surface area (Å²) in [6.07, 6.45) is 0. The molecule has 0 unspecified atom stereocenters. The summed E-state index contributed by atoms with van der Waals surface area (Å²) in [5.41, 5.74) is 14.9. The van der Waals surface area contributed by atoms with Gasteiger partial charge in [0.1, 0.15) is 73.9 Å². The lowest BCUT2D eigenvalue weighted by Gasteiger charge is -2.37. The molecule has 16 radical (unpaired) electrons. The van der Waals surface area contributed by atoms with Gasteiger partial charge in [0.15, 0.2) is 0 Å². The standard InChI is InChI=1S/C61H35B8NO/c1-61(2)44-23-9-8-19-40(44)41-21-11-22-42(49(41)61)48-52(64)56(68)59(57(69)53(48)65)70(58-54(66)50(62)46(51(63)55(58)67)35-27-25-33(26-28-35)32-13-4-3-5-14-32)37-17-10-16-36(31-37)38-20-12-24-45-47(38)43-30-29-34-15-6-7-18-39(34)60(43)71-45/h3-31H,1-2H3. The first-order valence-corrected chi connectivity index (χ1v) is 23.5. The second-order valence-electron chi connectivity index (χ2n) is 18.9. The van der Waals surface area contributed by atoms with Crippen LogP contribution in [0.25, 0.3) is 88.3 Å². The van der Waals surface area contributed by atoms with Crippen LogP contribution in [0.4, 0.5) is 17.1 Å². The number of hydrogen-bond acceptors (Lipinski definition) is 2. The number of furan rings is 1. The molecule has 2 nitrogen and oxygen atoms in total. The molecular formula is C61H35B8NO. The zero-order valence-electron chi connectivity index (χ0n) is 39.2. The Morgan fingerprint density at radius 2 is 0.930 bits per heavy atom. The van der Waals surface area contributed by atoms with Gasteiger partial charge in [-0.1, -0.05) is 209 Å². The van der Waals surface area contributed by atoms with Crippen molar-refractivity contribution >= 4 is 156 Å². The summed E-state index contributed by atoms with van der Waals surface area (Å²) in [5, 5.41) is 4.07. The predicted molar refractivity (Wildman–Crippen MR) is 308 cm³/mol. The minimum atomic E-state index is -0.395. The van der Waals surface area contributed by atoms with Crippen LogP contribution in [-0.4, -0.2) is 62.8 Å². The second-order valence-corrected chi connectivity index (χ2v) is 18.9. The average Bonchev–Trinajstić information content (AvgIpc) is 3.90. The third kappa shape index (κ3) is 6.81. The van der Waals surface area contributed by atoms with E-state index in [-0.39, 0.29) is 55.1 Å². The van der Waals surface area contributed by atoms with Crippen molar-refractivity contribution in [3.8, 4) is 55.6 Å². The van der Waals surface area contributed by atoms with Crippen molar-refractivity contribution in [2.24, 2.45) is 0 Å². The molecule has 0 aliphatic heterocycles. The highest BCUT2D eigenvalue weighted by atomic mass is 16.3. The van der Waals surface area contributed by atoms with E-state index in [1.165, 1.54) is 5.56 Å². The van der Waals surface area contributed by atoms with Gasteiger partial charge < -0.3 is 9.32 Å². The lowest BCUT2D eigenvalue weighted by atomic mass is 9.62. The smallest absolute Gasteiger partial charge is 0.143 e. The number of hydrogen-bond donors (Lipinski definition) is 0. The van der Waals surface area contributed by atoms with Crippen molar-refractivity contribution in [2.75, 3.05) is 4.90 Å². The van der Waals surface area contributed by atoms with Crippen LogP contribution in [0.3, 0.4) is 0 Å². The second kappa shape index (κ2) is 16.9. The van der Waals surface area contributed by atoms with Crippen LogP contribution in [0.5, 0.6) is 0 Å². The molecule has 10 aromatic carbocycles. The van der Waals surface area contributed by atoms with Crippen molar-refractivity contribution in [3.05, 3.63) is 187 Å². The fourth-order valence-electron chi connectivity index (χ4n) is 11.2. The van der Waals surface area contributed by atoms with E-state index in [2.05, 4.69) is 86.6 Å². The van der Waals surface area contributed by atoms with Gasteiger partial charge in [-0.05, 0) is 96.4 Å². The van der Waals surface area contributed by atoms with Gasteiger partial charge in [0.05, 0.1) is 0 Å². The molecule has 1 heterocycles. The Morgan fingerprint density at radius 1 is 0.394 bits per heavy atom. The highest BCUT2D eigenvalue weighted by molar-refractivity contribution is 6.65. The third-order valence-electron chi connectivity index (χ3n) is 14.6. The topological polar surface area (TPSA) is 16.4 Å². The van der Waals surface area contributed by atoms with E-state index >= 15 is 0 Å². The summed E-state index contributed by atoms with van der Waals surface area (Å²) >= 11 is 0. The summed E-state index contributed by atoms with van der Waals surface area (Å²) in [4.78, 5) is 1.79. The fourth-order valence-corrected chi connectivity index (χ4v) is 11.2. The molecule has 0 spiro atoms. The Bertz CT molecular complexity index is 3950. The summed E-state index contributed by atoms with van der Waals surface area (Å²) in [5.74, 6) is 0. The van der Waals surface area contributed by atoms with E-state index < -0.39 is 5.41 Å². The molecule has 11 aromatic rings. The van der Waals surface area contributed by atoms with Gasteiger partial charge in [-0.25, -0.2) is 0 Å². The van der Waals surface area contributed by atoms with E-state index in [1.54, 1.807) is 4.90 Å². The summed E-state index contributed by atoms with van der Waals surface area (Å²) in [6, 6.07) is 59.1. The Labute approximate surface area is 425 Å². The van der Waals surface area contributed by atoms with Crippen LogP contribution in [0.15, 0.2) is 180 Å². The predicted octanol–water partition coefficient (Wildman–Crippen LogP) is 7.53. The molecule has 1 aliphatic rings. The minimum absolute atomic E-state index is 0.152. The highest BCUT2D eigenvalue weighted by Crippen LogP contribution is 2.52. The lowest BCUT2D eigenvalue weighted by molar-refractivity contribution is 0.662. The molecule has 0 N–H and O–H groups in total. The lowest BCUT2D eigenvalue weighted by Crippen LogP contribution is -2.50. The first-order chi connectivity index (χ1) is 34.3. The van der Waals surface area contributed by atoms with E-state index in [0.29, 0.717) is 16.8 Å². The average molecular weight is 884 g/mol. The summed E-state index contributed by atoms with van der Waals surface area (Å²) < 4.78 is 6.61. The quantitative estimate of drug-likeness (QED) is 0.154. The number of rotatable bonds is 7. The van der Waals surface area contributed by atoms with E-state index in [9.17, 15) is 0 Å². The van der Waals surface area contributed by atoms with E-state index in [4.69, 9.17) is 67.2 Å². The molecule has 0 bridgehead atoms. The first kappa shape index (κ1) is 44.8. The fraction of sp³-hybridized carbons (Fsp3) is 0.0492. The Morgan fingerprint density at radius 3 is 1.65 bits per heavy atom. The molecular weight excluding hydrogens is 849 g/mol. The Kier molecular flexibility index (Phi) is 10.6. The Hall–Kier alpha value is -7.42. The summed E-state index contributed by atoms with van der Waals surface area (Å²) in [6.45, 7) is 4.42. The molecule has 0 saturated heterocycles. The van der Waals surface area contributed by atoms with Gasteiger partial charge in [0.25, 0.3) is 0 Å². The maximum atomic E-state index is 7.38. The maximum Gasteiger partial charge on any atom is 0.143 e. The zero-order valence-corrected chi connectivity index (χ0v) is 39.2. The molecule has 0 amide bonds. The van der Waals surface area contributed by atoms with Crippen LogP contribution in [0.1, 0.15) is 25.0 Å². The van der Waals surface area contributed by atoms with Crippen molar-refractivity contribution < 1.29 is 4.42 Å². The molecule has 314 valence electrons. The van der Waals surface area contributed by atoms with E-state index in [0.717, 1.165) is 82.8 Å². The number of benzene rings is 10. The minimum Gasteiger partial charge on any atom is -0.455 e. The largest absolute Gasteiger partial charge is 0.455 e. The maximum absolute atomic E-state index is 7.38. The number of nitrogens with zero attached hydrogens (tertiary/aromatic N) is 1. The van der Waals surface area contributed by atoms with Crippen LogP contribution in [-0.2, 0) is 5.41 Å². The van der Waals surface area contributed by atoms with E-state index in [1.807, 2.05) is 103 Å². The first-order valence-electron chi connectivity index (χ1n) is 23.5. The number of anilines is 3. The van der Waals surface area contributed by atoms with Crippen molar-refractivity contribution in [1.82, 2.24) is 0 Å².